The van der Waals surface area contributed by atoms with Crippen molar-refractivity contribution in [2.45, 2.75) is 33.2 Å². The first kappa shape index (κ1) is 16.6. The smallest absolute Gasteiger partial charge is 0.315 e. The predicted molar refractivity (Wildman–Crippen MR) is 85.8 cm³/mol. The molecule has 1 aliphatic rings. The number of carbonyl (C=O) groups excluding carboxylic acids is 1. The summed E-state index contributed by atoms with van der Waals surface area (Å²) >= 11 is 0. The van der Waals surface area contributed by atoms with Crippen LogP contribution in [-0.4, -0.2) is 30.9 Å². The zero-order valence-corrected chi connectivity index (χ0v) is 13.4. The molecule has 1 saturated carbocycles. The monoisotopic (exact) mass is 306 g/mol. The van der Waals surface area contributed by atoms with Gasteiger partial charge in [-0.15, -0.1) is 0 Å². The van der Waals surface area contributed by atoms with Crippen LogP contribution in [0, 0.1) is 11.3 Å². The first-order valence-electron chi connectivity index (χ1n) is 7.87. The number of aliphatic hydroxyl groups excluding tert-OH is 1. The fourth-order valence-electron chi connectivity index (χ4n) is 2.05. The van der Waals surface area contributed by atoms with E-state index in [9.17, 15) is 9.90 Å². The molecule has 1 aromatic rings. The van der Waals surface area contributed by atoms with Gasteiger partial charge in [-0.05, 0) is 36.5 Å². The van der Waals surface area contributed by atoms with Gasteiger partial charge in [-0.25, -0.2) is 4.79 Å². The third-order valence-electron chi connectivity index (χ3n) is 3.88. The molecule has 3 N–H and O–H groups in total. The molecule has 0 aliphatic heterocycles. The maximum absolute atomic E-state index is 11.7. The summed E-state index contributed by atoms with van der Waals surface area (Å²) in [4.78, 5) is 11.7. The van der Waals surface area contributed by atoms with Gasteiger partial charge in [0.1, 0.15) is 5.75 Å². The van der Waals surface area contributed by atoms with Crippen molar-refractivity contribution in [2.75, 3.05) is 19.8 Å². The minimum Gasteiger partial charge on any atom is -0.493 e. The standard InChI is InChI=1S/C17H26N2O3/c1-13(2)10-22-15-5-3-14(4-6-15)9-18-16(21)19-11-17(12-20)7-8-17/h3-6,13,20H,7-12H2,1-2H3,(H2,18,19,21). The summed E-state index contributed by atoms with van der Waals surface area (Å²) in [6.45, 7) is 6.08. The first-order valence-corrected chi connectivity index (χ1v) is 7.87. The Morgan fingerprint density at radius 3 is 2.50 bits per heavy atom. The number of amides is 2. The van der Waals surface area contributed by atoms with Crippen LogP contribution in [0.1, 0.15) is 32.3 Å². The second-order valence-corrected chi connectivity index (χ2v) is 6.54. The molecule has 1 aliphatic carbocycles. The lowest BCUT2D eigenvalue weighted by molar-refractivity contribution is 0.203. The van der Waals surface area contributed by atoms with E-state index < -0.39 is 0 Å². The van der Waals surface area contributed by atoms with Crippen LogP contribution in [0.5, 0.6) is 5.75 Å². The van der Waals surface area contributed by atoms with Gasteiger partial charge in [-0.3, -0.25) is 0 Å². The normalized spacial score (nSPS) is 15.5. The Bertz CT molecular complexity index is 481. The third-order valence-corrected chi connectivity index (χ3v) is 3.88. The maximum atomic E-state index is 11.7. The molecule has 0 saturated heterocycles. The summed E-state index contributed by atoms with van der Waals surface area (Å²) in [5, 5.41) is 14.8. The maximum Gasteiger partial charge on any atom is 0.315 e. The Morgan fingerprint density at radius 2 is 1.95 bits per heavy atom. The lowest BCUT2D eigenvalue weighted by Crippen LogP contribution is -2.39. The largest absolute Gasteiger partial charge is 0.493 e. The molecule has 0 radical (unpaired) electrons. The minimum absolute atomic E-state index is 0.0628. The van der Waals surface area contributed by atoms with Crippen molar-refractivity contribution < 1.29 is 14.6 Å². The van der Waals surface area contributed by atoms with Gasteiger partial charge >= 0.3 is 6.03 Å². The second-order valence-electron chi connectivity index (χ2n) is 6.54. The molecule has 22 heavy (non-hydrogen) atoms. The van der Waals surface area contributed by atoms with Gasteiger partial charge < -0.3 is 20.5 Å². The Morgan fingerprint density at radius 1 is 1.27 bits per heavy atom. The summed E-state index contributed by atoms with van der Waals surface area (Å²) in [6, 6.07) is 7.54. The molecule has 0 atom stereocenters. The topological polar surface area (TPSA) is 70.6 Å². The van der Waals surface area contributed by atoms with Crippen LogP contribution in [-0.2, 0) is 6.54 Å². The van der Waals surface area contributed by atoms with Crippen molar-refractivity contribution in [3.8, 4) is 5.75 Å². The van der Waals surface area contributed by atoms with Crippen LogP contribution in [0.3, 0.4) is 0 Å². The molecule has 1 fully saturated rings. The average Bonchev–Trinajstić information content (AvgIpc) is 3.30. The van der Waals surface area contributed by atoms with Crippen molar-refractivity contribution in [1.82, 2.24) is 10.6 Å². The van der Waals surface area contributed by atoms with E-state index in [0.717, 1.165) is 24.2 Å². The van der Waals surface area contributed by atoms with Crippen LogP contribution >= 0.6 is 0 Å². The predicted octanol–water partition coefficient (Wildman–Crippen LogP) is 2.29. The third kappa shape index (κ3) is 5.22. The molecule has 5 heteroatoms. The lowest BCUT2D eigenvalue weighted by Gasteiger charge is -2.13. The zero-order chi connectivity index (χ0) is 16.0. The number of hydrogen-bond donors (Lipinski definition) is 3. The summed E-state index contributed by atoms with van der Waals surface area (Å²) < 4.78 is 5.62. The van der Waals surface area contributed by atoms with E-state index in [2.05, 4.69) is 24.5 Å². The van der Waals surface area contributed by atoms with E-state index >= 15 is 0 Å². The number of ether oxygens (including phenoxy) is 1. The number of benzene rings is 1. The Hall–Kier alpha value is -1.75. The molecule has 1 aromatic carbocycles. The van der Waals surface area contributed by atoms with Crippen LogP contribution < -0.4 is 15.4 Å². The average molecular weight is 306 g/mol. The van der Waals surface area contributed by atoms with Gasteiger partial charge in [0.25, 0.3) is 0 Å². The summed E-state index contributed by atoms with van der Waals surface area (Å²) in [5.74, 6) is 1.35. The molecule has 122 valence electrons. The Kier molecular flexibility index (Phi) is 5.66. The SMILES string of the molecule is CC(C)COc1ccc(CNC(=O)NCC2(CO)CC2)cc1. The highest BCUT2D eigenvalue weighted by Crippen LogP contribution is 2.44. The fraction of sp³-hybridized carbons (Fsp3) is 0.588. The second kappa shape index (κ2) is 7.49. The molecule has 0 unspecified atom stereocenters. The first-order chi connectivity index (χ1) is 10.5. The van der Waals surface area contributed by atoms with E-state index in [1.807, 2.05) is 24.3 Å². The molecule has 0 spiro atoms. The van der Waals surface area contributed by atoms with Crippen molar-refractivity contribution >= 4 is 6.03 Å². The van der Waals surface area contributed by atoms with Gasteiger partial charge in [-0.2, -0.15) is 0 Å². The quantitative estimate of drug-likeness (QED) is 0.690. The highest BCUT2D eigenvalue weighted by molar-refractivity contribution is 5.73. The van der Waals surface area contributed by atoms with Gasteiger partial charge in [0.05, 0.1) is 13.2 Å². The molecule has 5 nitrogen and oxygen atoms in total. The number of urea groups is 1. The molecular formula is C17H26N2O3. The van der Waals surface area contributed by atoms with Gasteiger partial charge in [0.15, 0.2) is 0 Å². The number of carbonyl (C=O) groups is 1. The summed E-state index contributed by atoms with van der Waals surface area (Å²) in [7, 11) is 0. The number of aliphatic hydroxyl groups is 1. The van der Waals surface area contributed by atoms with E-state index in [-0.39, 0.29) is 18.1 Å². The van der Waals surface area contributed by atoms with E-state index in [4.69, 9.17) is 4.74 Å². The fourth-order valence-corrected chi connectivity index (χ4v) is 2.05. The lowest BCUT2D eigenvalue weighted by atomic mass is 10.1. The van der Waals surface area contributed by atoms with Crippen LogP contribution in [0.15, 0.2) is 24.3 Å². The van der Waals surface area contributed by atoms with Crippen LogP contribution in [0.25, 0.3) is 0 Å². The van der Waals surface area contributed by atoms with Crippen LogP contribution in [0.4, 0.5) is 4.79 Å². The van der Waals surface area contributed by atoms with Crippen molar-refractivity contribution in [3.63, 3.8) is 0 Å². The minimum atomic E-state index is -0.195. The molecule has 2 rings (SSSR count). The summed E-state index contributed by atoms with van der Waals surface area (Å²) in [5.41, 5.74) is 0.961. The van der Waals surface area contributed by atoms with Crippen LogP contribution in [0.2, 0.25) is 0 Å². The molecule has 0 bridgehead atoms. The van der Waals surface area contributed by atoms with Gasteiger partial charge in [0, 0.05) is 18.5 Å². The Balaban J connectivity index is 1.68. The Labute approximate surface area is 132 Å². The van der Waals surface area contributed by atoms with Gasteiger partial charge in [0.2, 0.25) is 0 Å². The van der Waals surface area contributed by atoms with Gasteiger partial charge in [-0.1, -0.05) is 26.0 Å². The summed E-state index contributed by atoms with van der Waals surface area (Å²) in [6.07, 6.45) is 1.98. The highest BCUT2D eigenvalue weighted by atomic mass is 16.5. The number of rotatable bonds is 8. The van der Waals surface area contributed by atoms with Crippen molar-refractivity contribution in [1.29, 1.82) is 0 Å². The molecule has 2 amide bonds. The van der Waals surface area contributed by atoms with E-state index in [1.54, 1.807) is 0 Å². The number of nitrogens with one attached hydrogen (secondary N) is 2. The molecule has 0 heterocycles. The molecule has 0 aromatic heterocycles. The molecular weight excluding hydrogens is 280 g/mol. The zero-order valence-electron chi connectivity index (χ0n) is 13.4. The van der Waals surface area contributed by atoms with Crippen molar-refractivity contribution in [2.24, 2.45) is 11.3 Å². The van der Waals surface area contributed by atoms with E-state index in [1.165, 1.54) is 0 Å². The number of hydrogen-bond acceptors (Lipinski definition) is 3. The highest BCUT2D eigenvalue weighted by Gasteiger charge is 2.42. The van der Waals surface area contributed by atoms with Crippen molar-refractivity contribution in [3.05, 3.63) is 29.8 Å². The van der Waals surface area contributed by atoms with E-state index in [0.29, 0.717) is 25.6 Å².